The quantitative estimate of drug-likeness (QED) is 0.713. The zero-order chi connectivity index (χ0) is 18.9. The van der Waals surface area contributed by atoms with Crippen molar-refractivity contribution in [1.82, 2.24) is 18.6 Å². The Morgan fingerprint density at radius 2 is 1.33 bits per heavy atom. The van der Waals surface area contributed by atoms with Crippen molar-refractivity contribution in [3.8, 4) is 0 Å². The third-order valence-electron chi connectivity index (χ3n) is 5.43. The predicted molar refractivity (Wildman–Crippen MR) is 103 cm³/mol. The molecule has 0 spiro atoms. The fraction of sp³-hybridized carbons (Fsp3) is 0.765. The van der Waals surface area contributed by atoms with Crippen molar-refractivity contribution in [2.45, 2.75) is 19.8 Å². The Labute approximate surface area is 161 Å². The van der Waals surface area contributed by atoms with Crippen molar-refractivity contribution in [2.24, 2.45) is 0 Å². The summed E-state index contributed by atoms with van der Waals surface area (Å²) < 4.78 is 34.1. The lowest BCUT2D eigenvalue weighted by atomic mass is 10.3. The molecule has 3 aliphatic heterocycles. The van der Waals surface area contributed by atoms with Gasteiger partial charge in [-0.1, -0.05) is 0 Å². The Kier molecular flexibility index (Phi) is 5.49. The first-order valence-corrected chi connectivity index (χ1v) is 11.1. The average molecular weight is 397 g/mol. The Bertz CT molecular complexity index is 754. The summed E-state index contributed by atoms with van der Waals surface area (Å²) in [6, 6.07) is 2.02. The second-order valence-electron chi connectivity index (χ2n) is 7.23. The topological polar surface area (TPSA) is 82.1 Å². The van der Waals surface area contributed by atoms with Gasteiger partial charge < -0.3 is 14.5 Å². The van der Waals surface area contributed by atoms with Crippen molar-refractivity contribution in [1.29, 1.82) is 0 Å². The van der Waals surface area contributed by atoms with Gasteiger partial charge in [0.2, 0.25) is 0 Å². The maximum Gasteiger partial charge on any atom is 0.282 e. The molecule has 0 amide bonds. The fourth-order valence-corrected chi connectivity index (χ4v) is 5.55. The van der Waals surface area contributed by atoms with Crippen LogP contribution in [0.1, 0.15) is 18.7 Å². The SMILES string of the molecule is Cc1nc(N2CCOCC2)cc(N2CCN(S(=O)(=O)N3CCCC3)CC2)n1. The molecule has 3 fully saturated rings. The van der Waals surface area contributed by atoms with Gasteiger partial charge >= 0.3 is 0 Å². The number of nitrogens with zero attached hydrogens (tertiary/aromatic N) is 6. The number of piperazine rings is 1. The van der Waals surface area contributed by atoms with Crippen LogP contribution in [0.4, 0.5) is 11.6 Å². The number of rotatable bonds is 4. The molecule has 10 heteroatoms. The van der Waals surface area contributed by atoms with E-state index in [1.807, 2.05) is 13.0 Å². The lowest BCUT2D eigenvalue weighted by molar-refractivity contribution is 0.122. The molecular weight excluding hydrogens is 368 g/mol. The molecule has 0 radical (unpaired) electrons. The van der Waals surface area contributed by atoms with Gasteiger partial charge in [-0.3, -0.25) is 0 Å². The third-order valence-corrected chi connectivity index (χ3v) is 7.46. The molecule has 0 aliphatic carbocycles. The molecular formula is C17H28N6O3S. The Morgan fingerprint density at radius 3 is 1.93 bits per heavy atom. The number of morpholine rings is 1. The highest BCUT2D eigenvalue weighted by Crippen LogP contribution is 2.23. The molecule has 1 aromatic rings. The van der Waals surface area contributed by atoms with Crippen LogP contribution < -0.4 is 9.80 Å². The normalized spacial score (nSPS) is 23.1. The minimum Gasteiger partial charge on any atom is -0.378 e. The lowest BCUT2D eigenvalue weighted by Crippen LogP contribution is -2.52. The largest absolute Gasteiger partial charge is 0.378 e. The molecule has 0 saturated carbocycles. The van der Waals surface area contributed by atoms with Gasteiger partial charge in [-0.15, -0.1) is 0 Å². The van der Waals surface area contributed by atoms with E-state index in [9.17, 15) is 8.42 Å². The van der Waals surface area contributed by atoms with E-state index in [2.05, 4.69) is 19.8 Å². The summed E-state index contributed by atoms with van der Waals surface area (Å²) in [5, 5.41) is 0. The van der Waals surface area contributed by atoms with Crippen molar-refractivity contribution >= 4 is 21.8 Å². The van der Waals surface area contributed by atoms with Gasteiger partial charge in [-0.05, 0) is 19.8 Å². The number of ether oxygens (including phenoxy) is 1. The van der Waals surface area contributed by atoms with E-state index in [-0.39, 0.29) is 0 Å². The Hall–Kier alpha value is -1.49. The zero-order valence-corrected chi connectivity index (χ0v) is 16.7. The van der Waals surface area contributed by atoms with Crippen LogP contribution in [0.5, 0.6) is 0 Å². The van der Waals surface area contributed by atoms with E-state index >= 15 is 0 Å². The molecule has 0 bridgehead atoms. The van der Waals surface area contributed by atoms with E-state index in [0.717, 1.165) is 43.4 Å². The monoisotopic (exact) mass is 396 g/mol. The molecule has 4 heterocycles. The number of anilines is 2. The number of hydrogen-bond acceptors (Lipinski definition) is 7. The second kappa shape index (κ2) is 7.86. The highest BCUT2D eigenvalue weighted by Gasteiger charge is 2.34. The van der Waals surface area contributed by atoms with E-state index in [1.54, 1.807) is 8.61 Å². The molecule has 150 valence electrons. The van der Waals surface area contributed by atoms with Gasteiger partial charge in [0.05, 0.1) is 13.2 Å². The average Bonchev–Trinajstić information content (AvgIpc) is 3.24. The number of aromatic nitrogens is 2. The van der Waals surface area contributed by atoms with Crippen LogP contribution in [0.15, 0.2) is 6.07 Å². The van der Waals surface area contributed by atoms with Crippen LogP contribution in [0, 0.1) is 6.92 Å². The smallest absolute Gasteiger partial charge is 0.282 e. The lowest BCUT2D eigenvalue weighted by Gasteiger charge is -2.36. The Morgan fingerprint density at radius 1 is 0.815 bits per heavy atom. The molecule has 27 heavy (non-hydrogen) atoms. The first-order valence-electron chi connectivity index (χ1n) is 9.72. The van der Waals surface area contributed by atoms with Crippen molar-refractivity contribution < 1.29 is 13.2 Å². The van der Waals surface area contributed by atoms with Crippen molar-refractivity contribution in [2.75, 3.05) is 75.4 Å². The summed E-state index contributed by atoms with van der Waals surface area (Å²) in [5.74, 6) is 2.54. The highest BCUT2D eigenvalue weighted by atomic mass is 32.2. The second-order valence-corrected chi connectivity index (χ2v) is 9.16. The predicted octanol–water partition coefficient (Wildman–Crippen LogP) is 0.0842. The van der Waals surface area contributed by atoms with Crippen molar-refractivity contribution in [3.05, 3.63) is 11.9 Å². The summed E-state index contributed by atoms with van der Waals surface area (Å²) >= 11 is 0. The minimum atomic E-state index is -3.32. The molecule has 0 atom stereocenters. The summed E-state index contributed by atoms with van der Waals surface area (Å²) in [7, 11) is -3.32. The van der Waals surface area contributed by atoms with Gasteiger partial charge in [0.25, 0.3) is 10.2 Å². The van der Waals surface area contributed by atoms with Crippen molar-refractivity contribution in [3.63, 3.8) is 0 Å². The standard InChI is InChI=1S/C17H28N6O3S/c1-15-18-16(14-17(19-15)21-10-12-26-13-11-21)20-6-8-23(9-7-20)27(24,25)22-4-2-3-5-22/h14H,2-13H2,1H3. The molecule has 0 unspecified atom stereocenters. The molecule has 3 aliphatic rings. The van der Waals surface area contributed by atoms with E-state index in [1.165, 1.54) is 0 Å². The molecule has 4 rings (SSSR count). The van der Waals surface area contributed by atoms with E-state index in [4.69, 9.17) is 4.74 Å². The van der Waals surface area contributed by atoms with E-state index in [0.29, 0.717) is 52.5 Å². The van der Waals surface area contributed by atoms with Crippen LogP contribution >= 0.6 is 0 Å². The number of aryl methyl sites for hydroxylation is 1. The van der Waals surface area contributed by atoms with Crippen LogP contribution in [0.3, 0.4) is 0 Å². The van der Waals surface area contributed by atoms with Crippen LogP contribution in [-0.4, -0.2) is 92.6 Å². The maximum absolute atomic E-state index is 12.7. The molecule has 3 saturated heterocycles. The van der Waals surface area contributed by atoms with Gasteiger partial charge in [-0.2, -0.15) is 17.0 Å². The summed E-state index contributed by atoms with van der Waals surface area (Å²) in [6.07, 6.45) is 1.92. The molecule has 0 aromatic carbocycles. The molecule has 9 nitrogen and oxygen atoms in total. The number of hydrogen-bond donors (Lipinski definition) is 0. The van der Waals surface area contributed by atoms with Crippen LogP contribution in [0.2, 0.25) is 0 Å². The summed E-state index contributed by atoms with van der Waals surface area (Å²) in [6.45, 7) is 8.57. The molecule has 0 N–H and O–H groups in total. The summed E-state index contributed by atoms with van der Waals surface area (Å²) in [4.78, 5) is 13.6. The Balaban J connectivity index is 1.44. The minimum absolute atomic E-state index is 0.495. The first kappa shape index (κ1) is 18.9. The van der Waals surface area contributed by atoms with E-state index < -0.39 is 10.2 Å². The third kappa shape index (κ3) is 4.03. The van der Waals surface area contributed by atoms with Gasteiger partial charge in [0, 0.05) is 58.4 Å². The summed E-state index contributed by atoms with van der Waals surface area (Å²) in [5.41, 5.74) is 0. The first-order chi connectivity index (χ1) is 13.0. The van der Waals surface area contributed by atoms with Gasteiger partial charge in [0.1, 0.15) is 17.5 Å². The van der Waals surface area contributed by atoms with Crippen LogP contribution in [0.25, 0.3) is 0 Å². The maximum atomic E-state index is 12.7. The van der Waals surface area contributed by atoms with Gasteiger partial charge in [0.15, 0.2) is 0 Å². The molecule has 1 aromatic heterocycles. The van der Waals surface area contributed by atoms with Gasteiger partial charge in [-0.25, -0.2) is 9.97 Å². The highest BCUT2D eigenvalue weighted by molar-refractivity contribution is 7.86. The van der Waals surface area contributed by atoms with Crippen LogP contribution in [-0.2, 0) is 14.9 Å². The zero-order valence-electron chi connectivity index (χ0n) is 15.9. The fourth-order valence-electron chi connectivity index (χ4n) is 3.88.